The lowest BCUT2D eigenvalue weighted by molar-refractivity contribution is -0.161. The predicted octanol–water partition coefficient (Wildman–Crippen LogP) is 24.4. The molecule has 19 heteroatoms. The number of carbonyl (C=O) groups is 4. The van der Waals surface area contributed by atoms with E-state index in [1.165, 1.54) is 38.5 Å². The van der Waals surface area contributed by atoms with Gasteiger partial charge in [-0.3, -0.25) is 37.3 Å². The van der Waals surface area contributed by atoms with Crippen molar-refractivity contribution in [1.29, 1.82) is 0 Å². The summed E-state index contributed by atoms with van der Waals surface area (Å²) < 4.78 is 68.4. The van der Waals surface area contributed by atoms with E-state index in [1.807, 2.05) is 48.6 Å². The van der Waals surface area contributed by atoms with E-state index < -0.39 is 97.5 Å². The zero-order chi connectivity index (χ0) is 80.3. The van der Waals surface area contributed by atoms with Gasteiger partial charge in [0, 0.05) is 25.7 Å². The van der Waals surface area contributed by atoms with E-state index in [2.05, 4.69) is 198 Å². The minimum Gasteiger partial charge on any atom is -0.462 e. The number of hydrogen-bond acceptors (Lipinski definition) is 15. The number of ether oxygens (including phenoxy) is 4. The van der Waals surface area contributed by atoms with Crippen LogP contribution in [0.25, 0.3) is 0 Å². The normalized spacial score (nSPS) is 14.9. The summed E-state index contributed by atoms with van der Waals surface area (Å²) in [6.07, 6.45) is 102. The first-order valence-corrected chi connectivity index (χ1v) is 44.0. The third kappa shape index (κ3) is 79.5. The van der Waals surface area contributed by atoms with Crippen molar-refractivity contribution >= 4 is 39.5 Å². The van der Waals surface area contributed by atoms with Crippen molar-refractivity contribution < 1.29 is 80.2 Å². The van der Waals surface area contributed by atoms with Gasteiger partial charge in [0.2, 0.25) is 0 Å². The van der Waals surface area contributed by atoms with E-state index in [9.17, 15) is 43.2 Å². The summed E-state index contributed by atoms with van der Waals surface area (Å²) in [5, 5.41) is 10.7. The molecule has 0 aliphatic rings. The average molecular weight is 1570 g/mol. The fourth-order valence-corrected chi connectivity index (χ4v) is 11.3. The summed E-state index contributed by atoms with van der Waals surface area (Å²) in [5.41, 5.74) is 0. The number of aliphatic hydroxyl groups excluding tert-OH is 1. The summed E-state index contributed by atoms with van der Waals surface area (Å²) >= 11 is 0. The van der Waals surface area contributed by atoms with Crippen LogP contribution in [-0.2, 0) is 65.4 Å². The molecule has 0 amide bonds. The van der Waals surface area contributed by atoms with Crippen LogP contribution >= 0.6 is 15.6 Å². The van der Waals surface area contributed by atoms with Crippen molar-refractivity contribution in [2.75, 3.05) is 39.6 Å². The van der Waals surface area contributed by atoms with Gasteiger partial charge in [0.05, 0.1) is 26.4 Å². The van der Waals surface area contributed by atoms with Crippen LogP contribution in [0.3, 0.4) is 0 Å². The van der Waals surface area contributed by atoms with Gasteiger partial charge in [-0.15, -0.1) is 0 Å². The van der Waals surface area contributed by atoms with Crippen molar-refractivity contribution in [2.45, 2.75) is 290 Å². The minimum atomic E-state index is -5.03. The van der Waals surface area contributed by atoms with Crippen LogP contribution in [0, 0.1) is 0 Å². The number of esters is 4. The predicted molar refractivity (Wildman–Crippen MR) is 454 cm³/mol. The number of carbonyl (C=O) groups excluding carboxylic acids is 4. The maximum absolute atomic E-state index is 13.1. The fourth-order valence-electron chi connectivity index (χ4n) is 9.76. The van der Waals surface area contributed by atoms with Gasteiger partial charge in [0.25, 0.3) is 0 Å². The molecular formula is C91H142O17P2. The van der Waals surface area contributed by atoms with Crippen molar-refractivity contribution in [2.24, 2.45) is 0 Å². The minimum absolute atomic E-state index is 0.00900. The van der Waals surface area contributed by atoms with Crippen molar-refractivity contribution in [3.63, 3.8) is 0 Å². The Hall–Kier alpha value is -6.62. The van der Waals surface area contributed by atoms with Gasteiger partial charge in [-0.05, 0) is 173 Å². The summed E-state index contributed by atoms with van der Waals surface area (Å²) in [4.78, 5) is 73.1. The van der Waals surface area contributed by atoms with Crippen molar-refractivity contribution in [3.8, 4) is 0 Å². The zero-order valence-corrected chi connectivity index (χ0v) is 69.4. The molecule has 0 saturated carbocycles. The van der Waals surface area contributed by atoms with Crippen LogP contribution in [0.2, 0.25) is 0 Å². The van der Waals surface area contributed by atoms with E-state index in [0.29, 0.717) is 44.9 Å². The number of aliphatic hydroxyl groups is 1. The number of hydrogen-bond donors (Lipinski definition) is 3. The maximum atomic E-state index is 13.1. The van der Waals surface area contributed by atoms with Crippen LogP contribution in [0.4, 0.5) is 0 Å². The lowest BCUT2D eigenvalue weighted by Crippen LogP contribution is -2.30. The standard InChI is InChI=1S/C91H142O17P2/c1-5-9-13-17-21-25-29-33-37-40-42-45-49-52-56-60-64-68-72-76-89(94)102-82-87(108-91(96)78-74-70-66-62-58-54-50-46-43-41-38-34-30-26-22-18-14-10-6-2)84-106-110(99,100)104-80-85(92)79-103-109(97,98)105-83-86(107-90(95)77-73-69-65-61-57-53-47-36-32-28-24-20-16-12-8-4)81-101-88(93)75-71-67-63-59-55-51-48-44-39-35-31-27-23-19-15-11-7-3/h9-10,13-14,21-28,33-39,42-43,45-48,51-52,54,56,58-59,63-64,66,68,70,85-87,92H,5-8,11-12,15-20,29-32,40-41,44,49-50,53,55,57,60-62,65,67,69,71-84H2,1-4H3,(H,97,98)(H,99,100)/b13-9-,14-10-,25-21-,26-22-,27-23-,28-24-,37-33-,38-34-,39-35-,45-42-,46-43-,47-36-,51-48-,56-52-,58-54-,63-59-,68-64-,70-66-/t85-,86+,87+/m0/s1. The van der Waals surface area contributed by atoms with Gasteiger partial charge in [-0.1, -0.05) is 291 Å². The Morgan fingerprint density at radius 2 is 0.500 bits per heavy atom. The Bertz CT molecular complexity index is 2950. The molecule has 5 atom stereocenters. The van der Waals surface area contributed by atoms with Gasteiger partial charge in [-0.2, -0.15) is 0 Å². The van der Waals surface area contributed by atoms with Gasteiger partial charge < -0.3 is 33.8 Å². The molecule has 0 aliphatic heterocycles. The van der Waals surface area contributed by atoms with Crippen LogP contribution in [-0.4, -0.2) is 96.7 Å². The Morgan fingerprint density at radius 1 is 0.264 bits per heavy atom. The molecule has 0 heterocycles. The van der Waals surface area contributed by atoms with E-state index in [0.717, 1.165) is 135 Å². The van der Waals surface area contributed by atoms with E-state index in [-0.39, 0.29) is 25.7 Å². The van der Waals surface area contributed by atoms with Gasteiger partial charge in [0.15, 0.2) is 12.2 Å². The molecule has 0 aromatic heterocycles. The molecule has 110 heavy (non-hydrogen) atoms. The van der Waals surface area contributed by atoms with Gasteiger partial charge in [0.1, 0.15) is 19.3 Å². The van der Waals surface area contributed by atoms with Crippen LogP contribution in [0.1, 0.15) is 272 Å². The first kappa shape index (κ1) is 103. The highest BCUT2D eigenvalue weighted by Gasteiger charge is 2.30. The largest absolute Gasteiger partial charge is 0.472 e. The molecule has 618 valence electrons. The molecule has 0 radical (unpaired) electrons. The van der Waals surface area contributed by atoms with Crippen LogP contribution < -0.4 is 0 Å². The Kier molecular flexibility index (Phi) is 75.6. The summed E-state index contributed by atoms with van der Waals surface area (Å²) in [6.45, 7) is 4.30. The van der Waals surface area contributed by atoms with E-state index >= 15 is 0 Å². The highest BCUT2D eigenvalue weighted by Crippen LogP contribution is 2.45. The SMILES string of the molecule is CC/C=C\C/C=C\C/C=C\C/C=C\C/C=C\C/C=C\CCC(=O)OC[C@H](COP(=O)(O)OC[C@@H](O)COP(=O)(O)OC[C@@H](COC(=O)CCC/C=C\C/C=C\C/C=C\C/C=C\CCCCC)OC(=O)CCCCCCC/C=C\C/C=C\CCCCC)OC(=O)CC/C=C\C/C=C\C/C=C\C/C=C\C/C=C\C/C=C\CC. The Morgan fingerprint density at radius 3 is 0.827 bits per heavy atom. The molecule has 0 aromatic rings. The molecule has 0 bridgehead atoms. The summed E-state index contributed by atoms with van der Waals surface area (Å²) in [6, 6.07) is 0. The summed E-state index contributed by atoms with van der Waals surface area (Å²) in [5.74, 6) is -2.48. The topological polar surface area (TPSA) is 237 Å². The second kappa shape index (κ2) is 80.4. The second-order valence-corrected chi connectivity index (χ2v) is 29.1. The third-order valence-corrected chi connectivity index (χ3v) is 17.8. The molecule has 0 aromatic carbocycles. The first-order chi connectivity index (χ1) is 53.7. The lowest BCUT2D eigenvalue weighted by Gasteiger charge is -2.21. The number of unbranched alkanes of at least 4 members (excludes halogenated alkanes) is 12. The molecular weight excluding hydrogens is 1430 g/mol. The lowest BCUT2D eigenvalue weighted by atomic mass is 10.1. The Balaban J connectivity index is 5.60. The molecule has 0 saturated heterocycles. The van der Waals surface area contributed by atoms with Crippen molar-refractivity contribution in [3.05, 3.63) is 219 Å². The van der Waals surface area contributed by atoms with Gasteiger partial charge >= 0.3 is 39.5 Å². The van der Waals surface area contributed by atoms with E-state index in [4.69, 9.17) is 37.0 Å². The smallest absolute Gasteiger partial charge is 0.462 e. The first-order valence-electron chi connectivity index (χ1n) is 41.0. The third-order valence-electron chi connectivity index (χ3n) is 15.9. The highest BCUT2D eigenvalue weighted by molar-refractivity contribution is 7.47. The molecule has 2 unspecified atom stereocenters. The quantitative estimate of drug-likeness (QED) is 0.0169. The van der Waals surface area contributed by atoms with Crippen molar-refractivity contribution in [1.82, 2.24) is 0 Å². The molecule has 0 rings (SSSR count). The number of allylic oxidation sites excluding steroid dienone is 36. The van der Waals surface area contributed by atoms with Crippen LogP contribution in [0.5, 0.6) is 0 Å². The summed E-state index contributed by atoms with van der Waals surface area (Å²) in [7, 11) is -10.1. The Labute approximate surface area is 664 Å². The van der Waals surface area contributed by atoms with Crippen LogP contribution in [0.15, 0.2) is 219 Å². The highest BCUT2D eigenvalue weighted by atomic mass is 31.2. The fraction of sp³-hybridized carbons (Fsp3) is 0.560. The molecule has 17 nitrogen and oxygen atoms in total. The van der Waals surface area contributed by atoms with Gasteiger partial charge in [-0.25, -0.2) is 9.13 Å². The number of phosphoric acid groups is 2. The second-order valence-electron chi connectivity index (χ2n) is 26.2. The monoisotopic (exact) mass is 1570 g/mol. The number of rotatable bonds is 74. The molecule has 0 fully saturated rings. The zero-order valence-electron chi connectivity index (χ0n) is 67.6. The maximum Gasteiger partial charge on any atom is 0.472 e. The molecule has 0 spiro atoms. The molecule has 0 aliphatic carbocycles. The van der Waals surface area contributed by atoms with E-state index in [1.54, 1.807) is 0 Å². The average Bonchev–Trinajstić information content (AvgIpc) is 0.900. The molecule has 3 N–H and O–H groups in total. The number of phosphoric ester groups is 2.